The fraction of sp³-hybridized carbons (Fsp3) is 0.444. The molecule has 0 aromatic heterocycles. The average Bonchev–Trinajstić information content (AvgIpc) is 2.09. The Morgan fingerprint density at radius 3 is 2.27 bits per heavy atom. The molecule has 2 nitrogen and oxygen atoms in total. The fourth-order valence-corrected chi connectivity index (χ4v) is 0.856. The highest BCUT2D eigenvalue weighted by atomic mass is 14.6. The molecule has 0 bridgehead atoms. The first kappa shape index (κ1) is 9.95. The van der Waals surface area contributed by atoms with Crippen LogP contribution in [0.3, 0.4) is 0 Å². The van der Waals surface area contributed by atoms with Crippen LogP contribution >= 0.6 is 0 Å². The molecule has 0 aromatic rings. The van der Waals surface area contributed by atoms with Gasteiger partial charge >= 0.3 is 0 Å². The molecule has 0 heterocycles. The number of allylic oxidation sites excluding steroid dienone is 3. The molecule has 1 aliphatic carbocycles. The molecule has 0 spiro atoms. The summed E-state index contributed by atoms with van der Waals surface area (Å²) in [6.07, 6.45) is 7.28. The predicted octanol–water partition coefficient (Wildman–Crippen LogP) is 2.22. The minimum absolute atomic E-state index is 0.747. The highest BCUT2D eigenvalue weighted by molar-refractivity contribution is 5.82. The molecule has 11 heavy (non-hydrogen) atoms. The summed E-state index contributed by atoms with van der Waals surface area (Å²) in [6.45, 7) is 4.00. The highest BCUT2D eigenvalue weighted by Crippen LogP contribution is 2.11. The predicted molar refractivity (Wildman–Crippen MR) is 49.7 cm³/mol. The van der Waals surface area contributed by atoms with Gasteiger partial charge in [0.05, 0.1) is 0 Å². The van der Waals surface area contributed by atoms with Crippen molar-refractivity contribution in [3.8, 4) is 0 Å². The summed E-state index contributed by atoms with van der Waals surface area (Å²) in [7, 11) is 0. The van der Waals surface area contributed by atoms with Crippen LogP contribution in [0, 0.1) is 5.41 Å². The monoisotopic (exact) mass is 152 g/mol. The van der Waals surface area contributed by atoms with E-state index in [-0.39, 0.29) is 0 Å². The van der Waals surface area contributed by atoms with E-state index in [1.807, 2.05) is 26.0 Å². The lowest BCUT2D eigenvalue weighted by Gasteiger charge is -2.05. The third-order valence-corrected chi connectivity index (χ3v) is 1.38. The Labute approximate surface area is 68.3 Å². The molecule has 0 fully saturated rings. The summed E-state index contributed by atoms with van der Waals surface area (Å²) in [5.74, 6) is 0. The van der Waals surface area contributed by atoms with Gasteiger partial charge in [-0.1, -0.05) is 26.0 Å². The van der Waals surface area contributed by atoms with Gasteiger partial charge in [0, 0.05) is 17.5 Å². The summed E-state index contributed by atoms with van der Waals surface area (Å²) < 4.78 is 0. The maximum absolute atomic E-state index is 6.91. The standard InChI is InChI=1S/C7H10N2.C2H6/c8-5-6-3-1-2-4-7(6)9;1-2/h3-5,8H,1-2,9H2;1-2H3. The Balaban J connectivity index is 0.000000461. The maximum atomic E-state index is 6.91. The molecule has 0 atom stereocenters. The van der Waals surface area contributed by atoms with Gasteiger partial charge in [0.1, 0.15) is 0 Å². The van der Waals surface area contributed by atoms with Crippen molar-refractivity contribution < 1.29 is 0 Å². The zero-order valence-electron chi connectivity index (χ0n) is 7.22. The number of rotatable bonds is 1. The van der Waals surface area contributed by atoms with E-state index in [1.54, 1.807) is 0 Å². The van der Waals surface area contributed by atoms with E-state index >= 15 is 0 Å². The third-order valence-electron chi connectivity index (χ3n) is 1.38. The summed E-state index contributed by atoms with van der Waals surface area (Å²) >= 11 is 0. The largest absolute Gasteiger partial charge is 0.398 e. The van der Waals surface area contributed by atoms with Gasteiger partial charge in [-0.05, 0) is 12.8 Å². The molecule has 62 valence electrons. The van der Waals surface area contributed by atoms with E-state index in [0.717, 1.165) is 24.1 Å². The molecule has 0 aliphatic heterocycles. The van der Waals surface area contributed by atoms with Crippen LogP contribution in [0.25, 0.3) is 0 Å². The number of nitrogens with two attached hydrogens (primary N) is 1. The van der Waals surface area contributed by atoms with E-state index in [2.05, 4.69) is 0 Å². The number of hydrogen-bond acceptors (Lipinski definition) is 2. The summed E-state index contributed by atoms with van der Waals surface area (Å²) in [5.41, 5.74) is 7.14. The first-order valence-corrected chi connectivity index (χ1v) is 4.01. The van der Waals surface area contributed by atoms with Gasteiger partial charge in [-0.2, -0.15) is 0 Å². The van der Waals surface area contributed by atoms with Crippen molar-refractivity contribution in [2.45, 2.75) is 26.7 Å². The van der Waals surface area contributed by atoms with Crippen LogP contribution in [0.15, 0.2) is 23.4 Å². The van der Waals surface area contributed by atoms with Crippen LogP contribution in [-0.4, -0.2) is 6.21 Å². The summed E-state index contributed by atoms with van der Waals surface area (Å²) in [4.78, 5) is 0. The molecule has 1 aliphatic rings. The van der Waals surface area contributed by atoms with Crippen molar-refractivity contribution in [1.29, 1.82) is 5.41 Å². The Bertz CT molecular complexity index is 178. The molecule has 0 saturated carbocycles. The molecule has 2 heteroatoms. The second-order valence-electron chi connectivity index (χ2n) is 2.04. The quantitative estimate of drug-likeness (QED) is 0.556. The Morgan fingerprint density at radius 1 is 1.36 bits per heavy atom. The minimum atomic E-state index is 0.747. The SMILES string of the molecule is CC.N=CC1=CCCC=C1N. The van der Waals surface area contributed by atoms with Gasteiger partial charge < -0.3 is 11.1 Å². The molecule has 1 rings (SSSR count). The van der Waals surface area contributed by atoms with Gasteiger partial charge in [-0.15, -0.1) is 0 Å². The highest BCUT2D eigenvalue weighted by Gasteiger charge is 1.99. The van der Waals surface area contributed by atoms with E-state index < -0.39 is 0 Å². The lowest BCUT2D eigenvalue weighted by molar-refractivity contribution is 1.00. The van der Waals surface area contributed by atoms with Crippen LogP contribution in [0.2, 0.25) is 0 Å². The third kappa shape index (κ3) is 3.03. The van der Waals surface area contributed by atoms with Crippen molar-refractivity contribution in [2.24, 2.45) is 5.73 Å². The zero-order valence-corrected chi connectivity index (χ0v) is 7.22. The van der Waals surface area contributed by atoms with Crippen LogP contribution in [0.1, 0.15) is 26.7 Å². The zero-order chi connectivity index (χ0) is 8.69. The second-order valence-corrected chi connectivity index (χ2v) is 2.04. The van der Waals surface area contributed by atoms with E-state index in [9.17, 15) is 0 Å². The fourth-order valence-electron chi connectivity index (χ4n) is 0.856. The lowest BCUT2D eigenvalue weighted by atomic mass is 10.1. The van der Waals surface area contributed by atoms with Gasteiger partial charge in [-0.3, -0.25) is 0 Å². The maximum Gasteiger partial charge on any atom is 0.0359 e. The van der Waals surface area contributed by atoms with Gasteiger partial charge in [-0.25, -0.2) is 0 Å². The van der Waals surface area contributed by atoms with Crippen LogP contribution in [-0.2, 0) is 0 Å². The minimum Gasteiger partial charge on any atom is -0.398 e. The second kappa shape index (κ2) is 5.71. The van der Waals surface area contributed by atoms with Crippen LogP contribution < -0.4 is 5.73 Å². The first-order valence-electron chi connectivity index (χ1n) is 4.01. The van der Waals surface area contributed by atoms with E-state index in [1.165, 1.54) is 6.21 Å². The van der Waals surface area contributed by atoms with E-state index in [0.29, 0.717) is 0 Å². The molecule has 0 radical (unpaired) electrons. The lowest BCUT2D eigenvalue weighted by Crippen LogP contribution is -2.04. The molecule has 0 saturated heterocycles. The Kier molecular flexibility index (Phi) is 5.17. The summed E-state index contributed by atoms with van der Waals surface area (Å²) in [5, 5.41) is 6.91. The molecular weight excluding hydrogens is 136 g/mol. The van der Waals surface area contributed by atoms with E-state index in [4.69, 9.17) is 11.1 Å². The van der Waals surface area contributed by atoms with Crippen molar-refractivity contribution in [3.05, 3.63) is 23.4 Å². The molecular formula is C9H16N2. The topological polar surface area (TPSA) is 49.9 Å². The van der Waals surface area contributed by atoms with Crippen LogP contribution in [0.5, 0.6) is 0 Å². The Hall–Kier alpha value is -1.05. The molecule has 0 aromatic carbocycles. The normalized spacial score (nSPS) is 15.5. The van der Waals surface area contributed by atoms with Crippen molar-refractivity contribution >= 4 is 6.21 Å². The van der Waals surface area contributed by atoms with Gasteiger partial charge in [0.15, 0.2) is 0 Å². The van der Waals surface area contributed by atoms with Crippen molar-refractivity contribution in [1.82, 2.24) is 0 Å². The molecule has 3 N–H and O–H groups in total. The van der Waals surface area contributed by atoms with Crippen molar-refractivity contribution in [3.63, 3.8) is 0 Å². The summed E-state index contributed by atoms with van der Waals surface area (Å²) in [6, 6.07) is 0. The Morgan fingerprint density at radius 2 is 1.91 bits per heavy atom. The van der Waals surface area contributed by atoms with Crippen LogP contribution in [0.4, 0.5) is 0 Å². The first-order chi connectivity index (χ1) is 5.34. The number of nitrogens with one attached hydrogen (secondary N) is 1. The smallest absolute Gasteiger partial charge is 0.0359 e. The molecule has 0 unspecified atom stereocenters. The average molecular weight is 152 g/mol. The van der Waals surface area contributed by atoms with Gasteiger partial charge in [0.2, 0.25) is 0 Å². The van der Waals surface area contributed by atoms with Gasteiger partial charge in [0.25, 0.3) is 0 Å². The van der Waals surface area contributed by atoms with Crippen molar-refractivity contribution in [2.75, 3.05) is 0 Å². The number of hydrogen-bond donors (Lipinski definition) is 2. The molecule has 0 amide bonds.